The summed E-state index contributed by atoms with van der Waals surface area (Å²) >= 11 is 0. The van der Waals surface area contributed by atoms with Gasteiger partial charge < -0.3 is 9.47 Å². The first-order chi connectivity index (χ1) is 9.93. The van der Waals surface area contributed by atoms with Gasteiger partial charge in [0.2, 0.25) is 0 Å². The second-order valence-electron chi connectivity index (χ2n) is 5.67. The van der Waals surface area contributed by atoms with Crippen molar-refractivity contribution in [3.05, 3.63) is 28.1 Å². The topological polar surface area (TPSA) is 68.4 Å². The van der Waals surface area contributed by atoms with Crippen LogP contribution in [0, 0.1) is 28.4 Å². The molecule has 0 atom stereocenters. The zero-order chi connectivity index (χ0) is 15.6. The lowest BCUT2D eigenvalue weighted by Crippen LogP contribution is -2.34. The molecule has 1 amide bonds. The normalized spacial score (nSPS) is 14.0. The van der Waals surface area contributed by atoms with Crippen LogP contribution < -0.4 is 0 Å². The first-order valence-corrected chi connectivity index (χ1v) is 7.03. The molecule has 112 valence electrons. The van der Waals surface area contributed by atoms with Crippen molar-refractivity contribution >= 4 is 11.6 Å². The van der Waals surface area contributed by atoms with Gasteiger partial charge >= 0.3 is 0 Å². The fourth-order valence-corrected chi connectivity index (χ4v) is 2.27. The Labute approximate surface area is 123 Å². The Hall–Kier alpha value is -2.29. The number of hydrogen-bond donors (Lipinski definition) is 0. The smallest absolute Gasteiger partial charge is 0.287 e. The van der Waals surface area contributed by atoms with E-state index in [1.807, 2.05) is 13.8 Å². The van der Waals surface area contributed by atoms with Crippen molar-refractivity contribution in [1.29, 1.82) is 0 Å². The molecule has 1 aliphatic carbocycles. The highest BCUT2D eigenvalue weighted by molar-refractivity contribution is 5.93. The third-order valence-electron chi connectivity index (χ3n) is 3.57. The Morgan fingerprint density at radius 2 is 2.29 bits per heavy atom. The minimum absolute atomic E-state index is 0.0359. The van der Waals surface area contributed by atoms with E-state index in [2.05, 4.69) is 5.92 Å². The highest BCUT2D eigenvalue weighted by Gasteiger charge is 2.29. The molecule has 0 saturated heterocycles. The Kier molecular flexibility index (Phi) is 4.32. The lowest BCUT2D eigenvalue weighted by Gasteiger charge is -2.21. The maximum Gasteiger partial charge on any atom is 0.287 e. The van der Waals surface area contributed by atoms with Gasteiger partial charge in [0.1, 0.15) is 5.69 Å². The molecule has 0 spiro atoms. The Bertz CT molecular complexity index is 594. The fourth-order valence-electron chi connectivity index (χ4n) is 2.27. The molecule has 0 unspecified atom stereocenters. The van der Waals surface area contributed by atoms with Crippen LogP contribution in [0.1, 0.15) is 43.2 Å². The van der Waals surface area contributed by atoms with Crippen LogP contribution in [0.25, 0.3) is 0 Å². The number of amides is 1. The Morgan fingerprint density at radius 1 is 1.62 bits per heavy atom. The van der Waals surface area contributed by atoms with Gasteiger partial charge in [0, 0.05) is 18.7 Å². The lowest BCUT2D eigenvalue weighted by molar-refractivity contribution is -0.384. The number of carbonyl (C=O) groups excluding carboxylic acids is 1. The predicted molar refractivity (Wildman–Crippen MR) is 78.9 cm³/mol. The highest BCUT2D eigenvalue weighted by atomic mass is 16.6. The summed E-state index contributed by atoms with van der Waals surface area (Å²) in [5.74, 6) is 2.77. The van der Waals surface area contributed by atoms with E-state index in [0.29, 0.717) is 18.2 Å². The first-order valence-electron chi connectivity index (χ1n) is 7.03. The summed E-state index contributed by atoms with van der Waals surface area (Å²) < 4.78 is 1.64. The van der Waals surface area contributed by atoms with Crippen molar-refractivity contribution in [1.82, 2.24) is 9.47 Å². The molecule has 0 radical (unpaired) electrons. The summed E-state index contributed by atoms with van der Waals surface area (Å²) in [5, 5.41) is 10.9. The van der Waals surface area contributed by atoms with Gasteiger partial charge in [-0.1, -0.05) is 5.92 Å². The minimum Gasteiger partial charge on any atom is -0.335 e. The highest BCUT2D eigenvalue weighted by Crippen LogP contribution is 2.30. The molecule has 0 aliphatic heterocycles. The van der Waals surface area contributed by atoms with E-state index in [0.717, 1.165) is 12.8 Å². The third-order valence-corrected chi connectivity index (χ3v) is 3.57. The summed E-state index contributed by atoms with van der Waals surface area (Å²) in [6.45, 7) is 4.62. The molecule has 21 heavy (non-hydrogen) atoms. The lowest BCUT2D eigenvalue weighted by atomic mass is 10.2. The molecule has 1 heterocycles. The van der Waals surface area contributed by atoms with Gasteiger partial charge in [-0.3, -0.25) is 14.9 Å². The van der Waals surface area contributed by atoms with Gasteiger partial charge in [-0.25, -0.2) is 0 Å². The fraction of sp³-hybridized carbons (Fsp3) is 0.533. The molecular formula is C15H19N3O3. The first kappa shape index (κ1) is 15.1. The molecule has 6 nitrogen and oxygen atoms in total. The SMILES string of the molecule is C#CCN(CC1CC1)C(=O)c1cc([N+](=O)[O-])cn1C(C)C. The summed E-state index contributed by atoms with van der Waals surface area (Å²) in [5.41, 5.74) is 0.256. The van der Waals surface area contributed by atoms with Gasteiger partial charge in [-0.2, -0.15) is 0 Å². The van der Waals surface area contributed by atoms with E-state index >= 15 is 0 Å². The van der Waals surface area contributed by atoms with E-state index in [4.69, 9.17) is 6.42 Å². The van der Waals surface area contributed by atoms with Crippen molar-refractivity contribution < 1.29 is 9.72 Å². The molecule has 0 bridgehead atoms. The van der Waals surface area contributed by atoms with Crippen molar-refractivity contribution in [3.63, 3.8) is 0 Å². The molecule has 1 aliphatic rings. The summed E-state index contributed by atoms with van der Waals surface area (Å²) in [7, 11) is 0. The molecule has 6 heteroatoms. The molecule has 1 aromatic heterocycles. The standard InChI is InChI=1S/C15H19N3O3/c1-4-7-16(9-12-5-6-12)15(19)14-8-13(18(20)21)10-17(14)11(2)3/h1,8,10-12H,5-7,9H2,2-3H3. The van der Waals surface area contributed by atoms with Gasteiger partial charge in [0.05, 0.1) is 17.7 Å². The summed E-state index contributed by atoms with van der Waals surface area (Å²) in [6.07, 6.45) is 8.96. The number of terminal acetylenes is 1. The Morgan fingerprint density at radius 3 is 2.76 bits per heavy atom. The Balaban J connectivity index is 2.30. The van der Waals surface area contributed by atoms with Gasteiger partial charge in [-0.15, -0.1) is 6.42 Å². The average Bonchev–Trinajstić information content (AvgIpc) is 3.11. The quantitative estimate of drug-likeness (QED) is 0.459. The molecule has 1 saturated carbocycles. The van der Waals surface area contributed by atoms with Crippen LogP contribution in [0.3, 0.4) is 0 Å². The number of rotatable bonds is 6. The largest absolute Gasteiger partial charge is 0.335 e. The average molecular weight is 289 g/mol. The molecule has 2 rings (SSSR count). The summed E-state index contributed by atoms with van der Waals surface area (Å²) in [6, 6.07) is 1.30. The van der Waals surface area contributed by atoms with Crippen LogP contribution in [-0.2, 0) is 0 Å². The predicted octanol–water partition coefficient (Wildman–Crippen LogP) is 2.46. The minimum atomic E-state index is -0.484. The van der Waals surface area contributed by atoms with E-state index in [1.165, 1.54) is 12.3 Å². The van der Waals surface area contributed by atoms with Crippen LogP contribution in [0.15, 0.2) is 12.3 Å². The number of hydrogen-bond acceptors (Lipinski definition) is 3. The van der Waals surface area contributed by atoms with Crippen LogP contribution in [0.5, 0.6) is 0 Å². The van der Waals surface area contributed by atoms with Crippen LogP contribution in [-0.4, -0.2) is 33.4 Å². The molecule has 1 fully saturated rings. The van der Waals surface area contributed by atoms with Gasteiger partial charge in [-0.05, 0) is 32.6 Å². The van der Waals surface area contributed by atoms with E-state index in [9.17, 15) is 14.9 Å². The van der Waals surface area contributed by atoms with Gasteiger partial charge in [0.25, 0.3) is 11.6 Å². The molecule has 1 aromatic rings. The summed E-state index contributed by atoms with van der Waals surface area (Å²) in [4.78, 5) is 24.7. The molecule has 0 aromatic carbocycles. The molecular weight excluding hydrogens is 270 g/mol. The van der Waals surface area contributed by atoms with Crippen molar-refractivity contribution in [2.75, 3.05) is 13.1 Å². The third kappa shape index (κ3) is 3.43. The number of nitrogens with zero attached hydrogens (tertiary/aromatic N) is 3. The van der Waals surface area contributed by atoms with E-state index in [-0.39, 0.29) is 24.2 Å². The van der Waals surface area contributed by atoms with E-state index in [1.54, 1.807) is 9.47 Å². The van der Waals surface area contributed by atoms with Crippen LogP contribution in [0.4, 0.5) is 5.69 Å². The van der Waals surface area contributed by atoms with Crippen molar-refractivity contribution in [3.8, 4) is 12.3 Å². The van der Waals surface area contributed by atoms with Crippen LogP contribution >= 0.6 is 0 Å². The number of carbonyl (C=O) groups is 1. The molecule has 0 N–H and O–H groups in total. The van der Waals surface area contributed by atoms with E-state index < -0.39 is 4.92 Å². The maximum absolute atomic E-state index is 12.6. The van der Waals surface area contributed by atoms with Crippen molar-refractivity contribution in [2.24, 2.45) is 5.92 Å². The second kappa shape index (κ2) is 6.00. The van der Waals surface area contributed by atoms with Gasteiger partial charge in [0.15, 0.2) is 0 Å². The monoisotopic (exact) mass is 289 g/mol. The zero-order valence-electron chi connectivity index (χ0n) is 12.3. The number of nitro groups is 1. The maximum atomic E-state index is 12.6. The van der Waals surface area contributed by atoms with Crippen LogP contribution in [0.2, 0.25) is 0 Å². The van der Waals surface area contributed by atoms with Crippen molar-refractivity contribution in [2.45, 2.75) is 32.7 Å². The zero-order valence-corrected chi connectivity index (χ0v) is 12.3. The second-order valence-corrected chi connectivity index (χ2v) is 5.67. The number of aromatic nitrogens is 1.